The van der Waals surface area contributed by atoms with Crippen molar-refractivity contribution < 1.29 is 13.2 Å². The van der Waals surface area contributed by atoms with Crippen LogP contribution in [0.15, 0.2) is 35.2 Å². The first kappa shape index (κ1) is 23.6. The zero-order chi connectivity index (χ0) is 23.6. The molecule has 9 nitrogen and oxygen atoms in total. The second kappa shape index (κ2) is 9.17. The van der Waals surface area contributed by atoms with Crippen LogP contribution in [0.1, 0.15) is 33.9 Å². The SMILES string of the molecule is Cc1cc(C)nc(-n2nc(C)c(CC(=O)NCc3ccc(S(=O)(=O)N(C)C)cc3)c2C)n1. The lowest BCUT2D eigenvalue weighted by Crippen LogP contribution is -2.25. The smallest absolute Gasteiger partial charge is 0.251 e. The predicted octanol–water partition coefficient (Wildman–Crippen LogP) is 2.01. The molecule has 0 radical (unpaired) electrons. The van der Waals surface area contributed by atoms with Gasteiger partial charge in [-0.3, -0.25) is 4.79 Å². The third-order valence-corrected chi connectivity index (χ3v) is 6.96. The number of amides is 1. The minimum Gasteiger partial charge on any atom is -0.352 e. The summed E-state index contributed by atoms with van der Waals surface area (Å²) in [5.41, 5.74) is 4.91. The second-order valence-electron chi connectivity index (χ2n) is 7.90. The maximum absolute atomic E-state index is 12.6. The van der Waals surface area contributed by atoms with Crippen LogP contribution in [0.25, 0.3) is 5.95 Å². The number of nitrogens with zero attached hydrogens (tertiary/aromatic N) is 5. The van der Waals surface area contributed by atoms with Crippen molar-refractivity contribution in [1.29, 1.82) is 0 Å². The van der Waals surface area contributed by atoms with Crippen molar-refractivity contribution in [1.82, 2.24) is 29.4 Å². The maximum Gasteiger partial charge on any atom is 0.251 e. The van der Waals surface area contributed by atoms with Crippen molar-refractivity contribution >= 4 is 15.9 Å². The summed E-state index contributed by atoms with van der Waals surface area (Å²) in [4.78, 5) is 21.7. The topological polar surface area (TPSA) is 110 Å². The summed E-state index contributed by atoms with van der Waals surface area (Å²) >= 11 is 0. The lowest BCUT2D eigenvalue weighted by Gasteiger charge is -2.12. The molecule has 170 valence electrons. The fraction of sp³-hybridized carbons (Fsp3) is 0.364. The molecule has 0 aliphatic rings. The minimum atomic E-state index is -3.47. The van der Waals surface area contributed by atoms with Crippen LogP contribution in [0.4, 0.5) is 0 Å². The Morgan fingerprint density at radius 3 is 2.19 bits per heavy atom. The molecule has 0 unspecified atom stereocenters. The molecule has 1 N–H and O–H groups in total. The van der Waals surface area contributed by atoms with E-state index in [0.717, 1.165) is 38.2 Å². The van der Waals surface area contributed by atoms with Gasteiger partial charge in [0.25, 0.3) is 5.95 Å². The molecule has 0 aliphatic heterocycles. The summed E-state index contributed by atoms with van der Waals surface area (Å²) in [7, 11) is -0.499. The lowest BCUT2D eigenvalue weighted by molar-refractivity contribution is -0.120. The molecule has 3 aromatic rings. The lowest BCUT2D eigenvalue weighted by atomic mass is 10.1. The Hall–Kier alpha value is -3.11. The van der Waals surface area contributed by atoms with E-state index in [4.69, 9.17) is 0 Å². The van der Waals surface area contributed by atoms with E-state index in [0.29, 0.717) is 12.5 Å². The van der Waals surface area contributed by atoms with E-state index in [1.807, 2.05) is 33.8 Å². The van der Waals surface area contributed by atoms with Gasteiger partial charge in [0, 0.05) is 43.3 Å². The normalized spacial score (nSPS) is 11.7. The van der Waals surface area contributed by atoms with Gasteiger partial charge in [-0.15, -0.1) is 0 Å². The highest BCUT2D eigenvalue weighted by molar-refractivity contribution is 7.89. The number of carbonyl (C=O) groups is 1. The summed E-state index contributed by atoms with van der Waals surface area (Å²) in [5.74, 6) is 0.338. The van der Waals surface area contributed by atoms with Gasteiger partial charge in [0.2, 0.25) is 15.9 Å². The molecule has 2 heterocycles. The van der Waals surface area contributed by atoms with Crippen LogP contribution < -0.4 is 5.32 Å². The van der Waals surface area contributed by atoms with Gasteiger partial charge in [0.15, 0.2) is 0 Å². The van der Waals surface area contributed by atoms with E-state index in [1.54, 1.807) is 28.9 Å². The van der Waals surface area contributed by atoms with Gasteiger partial charge in [0.05, 0.1) is 17.0 Å². The van der Waals surface area contributed by atoms with Crippen molar-refractivity contribution in [3.8, 4) is 5.95 Å². The molecule has 0 aliphatic carbocycles. The van der Waals surface area contributed by atoms with Gasteiger partial charge in [-0.25, -0.2) is 27.4 Å². The molecule has 1 aromatic carbocycles. The first-order valence-electron chi connectivity index (χ1n) is 10.1. The molecule has 0 bridgehead atoms. The van der Waals surface area contributed by atoms with E-state index in [1.165, 1.54) is 14.1 Å². The molecule has 10 heteroatoms. The number of rotatable bonds is 7. The van der Waals surface area contributed by atoms with E-state index < -0.39 is 10.0 Å². The van der Waals surface area contributed by atoms with Crippen LogP contribution in [0.2, 0.25) is 0 Å². The van der Waals surface area contributed by atoms with E-state index in [-0.39, 0.29) is 17.2 Å². The molecule has 0 saturated carbocycles. The number of hydrogen-bond donors (Lipinski definition) is 1. The number of carbonyl (C=O) groups excluding carboxylic acids is 1. The zero-order valence-electron chi connectivity index (χ0n) is 19.2. The van der Waals surface area contributed by atoms with Gasteiger partial charge < -0.3 is 5.32 Å². The first-order chi connectivity index (χ1) is 15.0. The highest BCUT2D eigenvalue weighted by Gasteiger charge is 2.18. The van der Waals surface area contributed by atoms with Crippen molar-refractivity contribution in [3.63, 3.8) is 0 Å². The summed E-state index contributed by atoms with van der Waals surface area (Å²) in [6.45, 7) is 7.86. The van der Waals surface area contributed by atoms with E-state index >= 15 is 0 Å². The predicted molar refractivity (Wildman–Crippen MR) is 121 cm³/mol. The van der Waals surface area contributed by atoms with Gasteiger partial charge >= 0.3 is 0 Å². The van der Waals surface area contributed by atoms with Crippen LogP contribution in [0.5, 0.6) is 0 Å². The number of nitrogens with one attached hydrogen (secondary N) is 1. The quantitative estimate of drug-likeness (QED) is 0.582. The Bertz CT molecular complexity index is 1230. The molecule has 32 heavy (non-hydrogen) atoms. The van der Waals surface area contributed by atoms with Crippen molar-refractivity contribution in [2.45, 2.75) is 45.6 Å². The van der Waals surface area contributed by atoms with Crippen LogP contribution in [0, 0.1) is 27.7 Å². The van der Waals surface area contributed by atoms with Crippen LogP contribution in [0.3, 0.4) is 0 Å². The molecule has 1 amide bonds. The molecule has 0 spiro atoms. The van der Waals surface area contributed by atoms with Crippen molar-refractivity contribution in [2.75, 3.05) is 14.1 Å². The summed E-state index contributed by atoms with van der Waals surface area (Å²) in [6.07, 6.45) is 0.176. The highest BCUT2D eigenvalue weighted by Crippen LogP contribution is 2.18. The number of hydrogen-bond acceptors (Lipinski definition) is 6. The van der Waals surface area contributed by atoms with Gasteiger partial charge in [-0.2, -0.15) is 5.10 Å². The van der Waals surface area contributed by atoms with E-state index in [9.17, 15) is 13.2 Å². The molecular weight excluding hydrogens is 428 g/mol. The third-order valence-electron chi connectivity index (χ3n) is 5.13. The number of benzene rings is 1. The average Bonchev–Trinajstić information content (AvgIpc) is 3.00. The van der Waals surface area contributed by atoms with Crippen LogP contribution >= 0.6 is 0 Å². The first-order valence-corrected chi connectivity index (χ1v) is 11.6. The van der Waals surface area contributed by atoms with Gasteiger partial charge in [0.1, 0.15) is 0 Å². The van der Waals surface area contributed by atoms with Crippen LogP contribution in [-0.2, 0) is 27.8 Å². The van der Waals surface area contributed by atoms with Crippen molar-refractivity contribution in [3.05, 3.63) is 64.2 Å². The Balaban J connectivity index is 1.69. The molecule has 0 fully saturated rings. The number of sulfonamides is 1. The second-order valence-corrected chi connectivity index (χ2v) is 10.0. The summed E-state index contributed by atoms with van der Waals surface area (Å²) < 4.78 is 27.1. The fourth-order valence-electron chi connectivity index (χ4n) is 3.34. The minimum absolute atomic E-state index is 0.151. The Kier molecular flexibility index (Phi) is 6.75. The Morgan fingerprint density at radius 1 is 1.03 bits per heavy atom. The molecular formula is C22H28N6O3S. The Labute approximate surface area is 188 Å². The van der Waals surface area contributed by atoms with E-state index in [2.05, 4.69) is 20.4 Å². The maximum atomic E-state index is 12.6. The monoisotopic (exact) mass is 456 g/mol. The highest BCUT2D eigenvalue weighted by atomic mass is 32.2. The van der Waals surface area contributed by atoms with Gasteiger partial charge in [-0.1, -0.05) is 12.1 Å². The van der Waals surface area contributed by atoms with Crippen molar-refractivity contribution in [2.24, 2.45) is 0 Å². The van der Waals surface area contributed by atoms with Crippen LogP contribution in [-0.4, -0.2) is 52.5 Å². The number of aromatic nitrogens is 4. The zero-order valence-corrected chi connectivity index (χ0v) is 20.0. The molecule has 0 atom stereocenters. The summed E-state index contributed by atoms with van der Waals surface area (Å²) in [5, 5.41) is 7.41. The Morgan fingerprint density at radius 2 is 1.62 bits per heavy atom. The molecule has 2 aromatic heterocycles. The third kappa shape index (κ3) is 5.03. The molecule has 0 saturated heterocycles. The fourth-order valence-corrected chi connectivity index (χ4v) is 4.24. The largest absolute Gasteiger partial charge is 0.352 e. The number of aryl methyl sites for hydroxylation is 3. The summed E-state index contributed by atoms with van der Waals surface area (Å²) in [6, 6.07) is 8.37. The average molecular weight is 457 g/mol. The standard InChI is InChI=1S/C22H28N6O3S/c1-14-11-15(2)25-22(24-14)28-17(4)20(16(3)26-28)12-21(29)23-13-18-7-9-19(10-8-18)32(30,31)27(5)6/h7-11H,12-13H2,1-6H3,(H,23,29). The molecule has 3 rings (SSSR count). The van der Waals surface area contributed by atoms with Gasteiger partial charge in [-0.05, 0) is 51.5 Å².